The van der Waals surface area contributed by atoms with Gasteiger partial charge in [0, 0.05) is 23.0 Å². The number of nitrogens with zero attached hydrogens (tertiary/aromatic N) is 2. The first-order chi connectivity index (χ1) is 21.3. The lowest BCUT2D eigenvalue weighted by atomic mass is 9.91. The van der Waals surface area contributed by atoms with Crippen molar-refractivity contribution >= 4 is 22.8 Å². The molecule has 3 heteroatoms. The molecule has 0 amide bonds. The number of para-hydroxylation sites is 1. The molecule has 3 nitrogen and oxygen atoms in total. The number of rotatable bonds is 5. The fraction of sp³-hybridized carbons (Fsp3) is 0.0750. The zero-order chi connectivity index (χ0) is 28.6. The Labute approximate surface area is 252 Å². The summed E-state index contributed by atoms with van der Waals surface area (Å²) in [5.74, 6) is 0.373. The third kappa shape index (κ3) is 4.69. The van der Waals surface area contributed by atoms with Gasteiger partial charge in [0.15, 0.2) is 0 Å². The lowest BCUT2D eigenvalue weighted by molar-refractivity contribution is 0.664. The van der Waals surface area contributed by atoms with Gasteiger partial charge in [-0.05, 0) is 63.7 Å². The van der Waals surface area contributed by atoms with E-state index < -0.39 is 0 Å². The Bertz CT molecular complexity index is 1900. The molecule has 2 aliphatic heterocycles. The lowest BCUT2D eigenvalue weighted by Crippen LogP contribution is -2.28. The summed E-state index contributed by atoms with van der Waals surface area (Å²) in [6.45, 7) is 0. The van der Waals surface area contributed by atoms with Gasteiger partial charge >= 0.3 is 0 Å². The van der Waals surface area contributed by atoms with Crippen LogP contribution >= 0.6 is 0 Å². The predicted molar refractivity (Wildman–Crippen MR) is 179 cm³/mol. The highest BCUT2D eigenvalue weighted by atomic mass is 15.2. The molecule has 3 aliphatic rings. The van der Waals surface area contributed by atoms with E-state index in [1.165, 1.54) is 28.1 Å². The Hall–Kier alpha value is -5.41. The van der Waals surface area contributed by atoms with E-state index in [0.717, 1.165) is 28.1 Å². The van der Waals surface area contributed by atoms with Gasteiger partial charge in [0.05, 0.1) is 11.8 Å². The van der Waals surface area contributed by atoms with Crippen LogP contribution in [0.4, 0.5) is 11.4 Å². The van der Waals surface area contributed by atoms with E-state index in [1.54, 1.807) is 0 Å². The second-order valence-corrected chi connectivity index (χ2v) is 11.2. The van der Waals surface area contributed by atoms with Crippen LogP contribution in [-0.2, 0) is 0 Å². The van der Waals surface area contributed by atoms with Crippen LogP contribution in [0.25, 0.3) is 16.8 Å². The minimum Gasteiger partial charge on any atom is -0.360 e. The number of nitrogens with one attached hydrogen (secondary N) is 1. The van der Waals surface area contributed by atoms with E-state index in [-0.39, 0.29) is 12.2 Å². The van der Waals surface area contributed by atoms with Crippen molar-refractivity contribution in [2.45, 2.75) is 18.1 Å². The zero-order valence-corrected chi connectivity index (χ0v) is 23.7. The number of anilines is 2. The standard InChI is InChI=1S/C40H31N3/c1-3-12-28(13-4-1)31-16-11-17-32(26-31)37-27-36(29-14-5-2-6-15-29)41-40(42-37)30-22-24-33(25-23-30)43-38-20-9-7-18-34(38)35-19-8-10-21-39(35)43/h1-27,34,38,40,42H. The summed E-state index contributed by atoms with van der Waals surface area (Å²) in [5.41, 5.74) is 11.7. The molecule has 3 unspecified atom stereocenters. The Kier molecular flexibility index (Phi) is 6.34. The van der Waals surface area contributed by atoms with E-state index in [9.17, 15) is 0 Å². The highest BCUT2D eigenvalue weighted by Crippen LogP contribution is 2.47. The van der Waals surface area contributed by atoms with Crippen LogP contribution in [0.5, 0.6) is 0 Å². The summed E-state index contributed by atoms with van der Waals surface area (Å²) >= 11 is 0. The highest BCUT2D eigenvalue weighted by molar-refractivity contribution is 6.13. The van der Waals surface area contributed by atoms with Crippen LogP contribution in [0.3, 0.4) is 0 Å². The summed E-state index contributed by atoms with van der Waals surface area (Å²) in [6, 6.07) is 47.7. The SMILES string of the molecule is C1=CC2c3ccccc3N(c3ccc(C4N=C(c5ccccc5)C=C(c5cccc(-c6ccccc6)c5)N4)cc3)C2C=C1. The second kappa shape index (κ2) is 10.8. The van der Waals surface area contributed by atoms with Crippen LogP contribution in [0.15, 0.2) is 169 Å². The van der Waals surface area contributed by atoms with Gasteiger partial charge in [0.25, 0.3) is 0 Å². The monoisotopic (exact) mass is 553 g/mol. The molecule has 0 fully saturated rings. The molecule has 0 radical (unpaired) electrons. The Balaban J connectivity index is 1.14. The van der Waals surface area contributed by atoms with Gasteiger partial charge in [-0.2, -0.15) is 0 Å². The van der Waals surface area contributed by atoms with Gasteiger partial charge in [-0.15, -0.1) is 0 Å². The molecule has 0 bridgehead atoms. The van der Waals surface area contributed by atoms with Crippen LogP contribution in [0.2, 0.25) is 0 Å². The first kappa shape index (κ1) is 25.3. The summed E-state index contributed by atoms with van der Waals surface area (Å²) in [6.07, 6.45) is 10.9. The van der Waals surface area contributed by atoms with Crippen molar-refractivity contribution in [1.82, 2.24) is 5.32 Å². The first-order valence-corrected chi connectivity index (χ1v) is 14.9. The molecule has 5 aromatic rings. The Morgan fingerprint density at radius 1 is 0.581 bits per heavy atom. The smallest absolute Gasteiger partial charge is 0.145 e. The van der Waals surface area contributed by atoms with E-state index in [1.807, 2.05) is 6.07 Å². The quantitative estimate of drug-likeness (QED) is 0.235. The van der Waals surface area contributed by atoms with Gasteiger partial charge in [-0.25, -0.2) is 0 Å². The molecule has 8 rings (SSSR count). The van der Waals surface area contributed by atoms with Crippen LogP contribution in [0.1, 0.15) is 34.3 Å². The molecule has 0 aromatic heterocycles. The maximum Gasteiger partial charge on any atom is 0.145 e. The molecule has 0 spiro atoms. The average Bonchev–Trinajstić information content (AvgIpc) is 3.43. The number of hydrogen-bond acceptors (Lipinski definition) is 3. The van der Waals surface area contributed by atoms with E-state index in [2.05, 4.69) is 168 Å². The van der Waals surface area contributed by atoms with E-state index in [0.29, 0.717) is 5.92 Å². The molecule has 1 N–H and O–H groups in total. The molecule has 0 saturated heterocycles. The molecule has 5 aromatic carbocycles. The third-order valence-electron chi connectivity index (χ3n) is 8.64. The molecule has 206 valence electrons. The topological polar surface area (TPSA) is 27.6 Å². The zero-order valence-electron chi connectivity index (χ0n) is 23.7. The van der Waals surface area contributed by atoms with Gasteiger partial charge in [0.2, 0.25) is 0 Å². The summed E-state index contributed by atoms with van der Waals surface area (Å²) in [5, 5.41) is 3.75. The van der Waals surface area contributed by atoms with Gasteiger partial charge in [-0.3, -0.25) is 4.99 Å². The predicted octanol–water partition coefficient (Wildman–Crippen LogP) is 9.22. The van der Waals surface area contributed by atoms with E-state index in [4.69, 9.17) is 4.99 Å². The maximum atomic E-state index is 5.20. The highest BCUT2D eigenvalue weighted by Gasteiger charge is 2.37. The van der Waals surface area contributed by atoms with Crippen molar-refractivity contribution in [3.8, 4) is 11.1 Å². The molecule has 2 heterocycles. The van der Waals surface area contributed by atoms with Crippen molar-refractivity contribution in [3.05, 3.63) is 186 Å². The second-order valence-electron chi connectivity index (χ2n) is 11.2. The number of allylic oxidation sites excluding steroid dienone is 3. The minimum atomic E-state index is -0.208. The third-order valence-corrected chi connectivity index (χ3v) is 8.64. The lowest BCUT2D eigenvalue weighted by Gasteiger charge is -2.29. The molecule has 43 heavy (non-hydrogen) atoms. The van der Waals surface area contributed by atoms with Gasteiger partial charge in [0.1, 0.15) is 6.17 Å². The van der Waals surface area contributed by atoms with Crippen molar-refractivity contribution in [2.24, 2.45) is 4.99 Å². The fourth-order valence-electron chi connectivity index (χ4n) is 6.53. The number of benzene rings is 5. The fourth-order valence-corrected chi connectivity index (χ4v) is 6.53. The van der Waals surface area contributed by atoms with Crippen LogP contribution in [-0.4, -0.2) is 11.8 Å². The van der Waals surface area contributed by atoms with Crippen molar-refractivity contribution in [3.63, 3.8) is 0 Å². The van der Waals surface area contributed by atoms with Gasteiger partial charge in [-0.1, -0.05) is 133 Å². The summed E-state index contributed by atoms with van der Waals surface area (Å²) in [7, 11) is 0. The number of fused-ring (bicyclic) bond motifs is 3. The molecule has 3 atom stereocenters. The van der Waals surface area contributed by atoms with Crippen molar-refractivity contribution < 1.29 is 0 Å². The number of aliphatic imine (C=N–C) groups is 1. The average molecular weight is 554 g/mol. The normalized spacial score (nSPS) is 20.1. The van der Waals surface area contributed by atoms with Crippen molar-refractivity contribution in [1.29, 1.82) is 0 Å². The summed E-state index contributed by atoms with van der Waals surface area (Å²) < 4.78 is 0. The Morgan fingerprint density at radius 3 is 2.07 bits per heavy atom. The molecular formula is C40H31N3. The molecular weight excluding hydrogens is 522 g/mol. The van der Waals surface area contributed by atoms with Crippen LogP contribution in [0, 0.1) is 0 Å². The first-order valence-electron chi connectivity index (χ1n) is 14.9. The summed E-state index contributed by atoms with van der Waals surface area (Å²) in [4.78, 5) is 7.67. The largest absolute Gasteiger partial charge is 0.360 e. The maximum absolute atomic E-state index is 5.20. The van der Waals surface area contributed by atoms with E-state index >= 15 is 0 Å². The number of hydrogen-bond donors (Lipinski definition) is 1. The minimum absolute atomic E-state index is 0.208. The Morgan fingerprint density at radius 2 is 1.26 bits per heavy atom. The molecule has 0 saturated carbocycles. The molecule has 1 aliphatic carbocycles. The van der Waals surface area contributed by atoms with Gasteiger partial charge < -0.3 is 10.2 Å². The van der Waals surface area contributed by atoms with Crippen molar-refractivity contribution in [2.75, 3.05) is 4.90 Å². The van der Waals surface area contributed by atoms with Crippen LogP contribution < -0.4 is 10.2 Å².